The second-order valence-corrected chi connectivity index (χ2v) is 5.50. The quantitative estimate of drug-likeness (QED) is 0.750. The molecular formula is C13H14BrF3O3. The van der Waals surface area contributed by atoms with Crippen LogP contribution in [0.4, 0.5) is 13.2 Å². The van der Waals surface area contributed by atoms with E-state index in [1.54, 1.807) is 6.07 Å². The SMILES string of the molecule is CCOC1C(Br)CC1Oc1ccccc1OC(F)(F)F. The van der Waals surface area contributed by atoms with Crippen molar-refractivity contribution in [2.75, 3.05) is 6.61 Å². The summed E-state index contributed by atoms with van der Waals surface area (Å²) in [6.07, 6.45) is -4.52. The van der Waals surface area contributed by atoms with Crippen LogP contribution < -0.4 is 9.47 Å². The van der Waals surface area contributed by atoms with E-state index >= 15 is 0 Å². The molecule has 1 fully saturated rings. The highest BCUT2D eigenvalue weighted by atomic mass is 79.9. The third-order valence-corrected chi connectivity index (χ3v) is 3.79. The van der Waals surface area contributed by atoms with E-state index in [2.05, 4.69) is 20.7 Å². The smallest absolute Gasteiger partial charge is 0.484 e. The van der Waals surface area contributed by atoms with E-state index in [0.29, 0.717) is 13.0 Å². The van der Waals surface area contributed by atoms with Crippen LogP contribution in [0.25, 0.3) is 0 Å². The zero-order chi connectivity index (χ0) is 14.8. The van der Waals surface area contributed by atoms with Gasteiger partial charge in [-0.25, -0.2) is 0 Å². The van der Waals surface area contributed by atoms with E-state index in [0.717, 1.165) is 0 Å². The second kappa shape index (κ2) is 6.22. The second-order valence-electron chi connectivity index (χ2n) is 4.32. The van der Waals surface area contributed by atoms with Gasteiger partial charge in [-0.1, -0.05) is 28.1 Å². The molecule has 3 unspecified atom stereocenters. The summed E-state index contributed by atoms with van der Waals surface area (Å²) >= 11 is 3.43. The van der Waals surface area contributed by atoms with Crippen LogP contribution in [0.2, 0.25) is 0 Å². The molecule has 2 rings (SSSR count). The number of para-hydroxylation sites is 2. The van der Waals surface area contributed by atoms with E-state index in [9.17, 15) is 13.2 Å². The number of hydrogen-bond acceptors (Lipinski definition) is 3. The van der Waals surface area contributed by atoms with Crippen LogP contribution in [-0.4, -0.2) is 30.0 Å². The van der Waals surface area contributed by atoms with E-state index in [1.807, 2.05) is 6.92 Å². The van der Waals surface area contributed by atoms with Crippen molar-refractivity contribution in [3.8, 4) is 11.5 Å². The van der Waals surface area contributed by atoms with E-state index in [-0.39, 0.29) is 28.5 Å². The molecule has 1 aromatic carbocycles. The molecule has 0 saturated heterocycles. The molecule has 3 atom stereocenters. The fraction of sp³-hybridized carbons (Fsp3) is 0.538. The van der Waals surface area contributed by atoms with Gasteiger partial charge in [-0.15, -0.1) is 13.2 Å². The maximum atomic E-state index is 12.3. The van der Waals surface area contributed by atoms with Gasteiger partial charge in [0.2, 0.25) is 0 Å². The predicted molar refractivity (Wildman–Crippen MR) is 70.3 cm³/mol. The summed E-state index contributed by atoms with van der Waals surface area (Å²) in [7, 11) is 0. The van der Waals surface area contributed by atoms with Gasteiger partial charge in [0.15, 0.2) is 11.5 Å². The van der Waals surface area contributed by atoms with Crippen molar-refractivity contribution in [3.05, 3.63) is 24.3 Å². The number of benzene rings is 1. The molecule has 1 aliphatic carbocycles. The van der Waals surface area contributed by atoms with Crippen molar-refractivity contribution >= 4 is 15.9 Å². The molecular weight excluding hydrogens is 341 g/mol. The summed E-state index contributed by atoms with van der Waals surface area (Å²) in [6.45, 7) is 2.38. The summed E-state index contributed by atoms with van der Waals surface area (Å²) in [5.41, 5.74) is 0. The third kappa shape index (κ3) is 3.79. The molecule has 0 aromatic heterocycles. The van der Waals surface area contributed by atoms with Gasteiger partial charge >= 0.3 is 6.36 Å². The van der Waals surface area contributed by atoms with Gasteiger partial charge in [0.25, 0.3) is 0 Å². The minimum atomic E-state index is -4.74. The Balaban J connectivity index is 2.06. The van der Waals surface area contributed by atoms with Gasteiger partial charge in [-0.2, -0.15) is 0 Å². The van der Waals surface area contributed by atoms with Gasteiger partial charge in [-0.05, 0) is 19.1 Å². The van der Waals surface area contributed by atoms with Crippen LogP contribution in [0.5, 0.6) is 11.5 Å². The van der Waals surface area contributed by atoms with Gasteiger partial charge in [0.05, 0.1) is 0 Å². The first kappa shape index (κ1) is 15.4. The fourth-order valence-corrected chi connectivity index (χ4v) is 2.83. The first-order valence-corrected chi connectivity index (χ1v) is 7.09. The number of ether oxygens (including phenoxy) is 3. The molecule has 0 spiro atoms. The average molecular weight is 355 g/mol. The number of halogens is 4. The van der Waals surface area contributed by atoms with Gasteiger partial charge in [-0.3, -0.25) is 0 Å². The highest BCUT2D eigenvalue weighted by Crippen LogP contribution is 2.38. The van der Waals surface area contributed by atoms with E-state index in [4.69, 9.17) is 9.47 Å². The molecule has 3 nitrogen and oxygen atoms in total. The van der Waals surface area contributed by atoms with Crippen LogP contribution in [0.15, 0.2) is 24.3 Å². The van der Waals surface area contributed by atoms with Crippen molar-refractivity contribution in [2.45, 2.75) is 36.7 Å². The molecule has 0 radical (unpaired) electrons. The van der Waals surface area contributed by atoms with Gasteiger partial charge < -0.3 is 14.2 Å². The van der Waals surface area contributed by atoms with Crippen LogP contribution >= 0.6 is 15.9 Å². The molecule has 0 N–H and O–H groups in total. The first-order valence-electron chi connectivity index (χ1n) is 6.18. The lowest BCUT2D eigenvalue weighted by molar-refractivity contribution is -0.275. The summed E-state index contributed by atoms with van der Waals surface area (Å²) < 4.78 is 51.9. The Morgan fingerprint density at radius 2 is 1.90 bits per heavy atom. The van der Waals surface area contributed by atoms with Gasteiger partial charge in [0.1, 0.15) is 12.2 Å². The largest absolute Gasteiger partial charge is 0.573 e. The molecule has 0 bridgehead atoms. The summed E-state index contributed by atoms with van der Waals surface area (Å²) in [4.78, 5) is 0.156. The standard InChI is InChI=1S/C13H14BrF3O3/c1-2-18-12-8(14)7-11(12)19-9-5-3-4-6-10(9)20-13(15,16)17/h3-6,8,11-12H,2,7H2,1H3. The Kier molecular flexibility index (Phi) is 4.80. The highest BCUT2D eigenvalue weighted by molar-refractivity contribution is 9.09. The van der Waals surface area contributed by atoms with Crippen molar-refractivity contribution in [2.24, 2.45) is 0 Å². The zero-order valence-electron chi connectivity index (χ0n) is 10.7. The Hall–Kier alpha value is -0.950. The summed E-state index contributed by atoms with van der Waals surface area (Å²) in [5.74, 6) is -0.271. The normalized spacial score (nSPS) is 25.9. The monoisotopic (exact) mass is 354 g/mol. The highest BCUT2D eigenvalue weighted by Gasteiger charge is 2.43. The van der Waals surface area contributed by atoms with Crippen LogP contribution in [0.1, 0.15) is 13.3 Å². The zero-order valence-corrected chi connectivity index (χ0v) is 12.3. The Labute approximate surface area is 123 Å². The summed E-state index contributed by atoms with van der Waals surface area (Å²) in [5, 5.41) is 0. The van der Waals surface area contributed by atoms with Crippen molar-refractivity contribution in [3.63, 3.8) is 0 Å². The lowest BCUT2D eigenvalue weighted by Gasteiger charge is -2.40. The van der Waals surface area contributed by atoms with E-state index < -0.39 is 6.36 Å². The van der Waals surface area contributed by atoms with Crippen LogP contribution in [0.3, 0.4) is 0 Å². The lowest BCUT2D eigenvalue weighted by Crippen LogP contribution is -2.52. The van der Waals surface area contributed by atoms with E-state index in [1.165, 1.54) is 18.2 Å². The number of rotatable bonds is 5. The lowest BCUT2D eigenvalue weighted by atomic mass is 9.91. The average Bonchev–Trinajstić information content (AvgIpc) is 2.36. The molecule has 20 heavy (non-hydrogen) atoms. The van der Waals surface area contributed by atoms with Crippen molar-refractivity contribution < 1.29 is 27.4 Å². The molecule has 0 aliphatic heterocycles. The maximum Gasteiger partial charge on any atom is 0.573 e. The number of alkyl halides is 4. The van der Waals surface area contributed by atoms with Crippen LogP contribution in [-0.2, 0) is 4.74 Å². The molecule has 1 saturated carbocycles. The Morgan fingerprint density at radius 1 is 1.25 bits per heavy atom. The summed E-state index contributed by atoms with van der Waals surface area (Å²) in [6, 6.07) is 5.73. The minimum Gasteiger partial charge on any atom is -0.484 e. The third-order valence-electron chi connectivity index (χ3n) is 2.89. The number of hydrogen-bond donors (Lipinski definition) is 0. The molecule has 7 heteroatoms. The molecule has 0 heterocycles. The topological polar surface area (TPSA) is 27.7 Å². The van der Waals surface area contributed by atoms with Crippen molar-refractivity contribution in [1.82, 2.24) is 0 Å². The van der Waals surface area contributed by atoms with Crippen LogP contribution in [0, 0.1) is 0 Å². The van der Waals surface area contributed by atoms with Crippen molar-refractivity contribution in [1.29, 1.82) is 0 Å². The van der Waals surface area contributed by atoms with Gasteiger partial charge in [0, 0.05) is 17.9 Å². The Bertz CT molecular complexity index is 453. The molecule has 112 valence electrons. The maximum absolute atomic E-state index is 12.3. The minimum absolute atomic E-state index is 0.0685. The molecule has 1 aliphatic rings. The fourth-order valence-electron chi connectivity index (χ4n) is 1.97. The first-order chi connectivity index (χ1) is 9.40. The molecule has 1 aromatic rings. The molecule has 0 amide bonds. The Morgan fingerprint density at radius 3 is 2.45 bits per heavy atom. The predicted octanol–water partition coefficient (Wildman–Crippen LogP) is 3.90.